The van der Waals surface area contributed by atoms with E-state index in [1.807, 2.05) is 28.8 Å². The molecule has 0 unspecified atom stereocenters. The van der Waals surface area contributed by atoms with Gasteiger partial charge in [0, 0.05) is 12.7 Å². The first-order valence-corrected chi connectivity index (χ1v) is 5.78. The summed E-state index contributed by atoms with van der Waals surface area (Å²) in [6.07, 6.45) is 5.73. The number of nitrogens with zero attached hydrogens (tertiary/aromatic N) is 2. The highest BCUT2D eigenvalue weighted by Gasteiger charge is 2.04. The van der Waals surface area contributed by atoms with Crippen molar-refractivity contribution in [2.75, 3.05) is 11.9 Å². The summed E-state index contributed by atoms with van der Waals surface area (Å²) in [6.45, 7) is 2.78. The number of rotatable bonds is 4. The van der Waals surface area contributed by atoms with Gasteiger partial charge >= 0.3 is 6.03 Å². The van der Waals surface area contributed by atoms with E-state index in [1.54, 1.807) is 6.20 Å². The Morgan fingerprint density at radius 1 is 1.47 bits per heavy atom. The number of anilines is 1. The smallest absolute Gasteiger partial charge is 0.320 e. The first-order chi connectivity index (χ1) is 8.29. The second kappa shape index (κ2) is 5.34. The molecule has 0 aliphatic carbocycles. The Kier molecular flexibility index (Phi) is 3.59. The molecule has 2 N–H and O–H groups in total. The quantitative estimate of drug-likeness (QED) is 0.794. The van der Waals surface area contributed by atoms with E-state index in [0.29, 0.717) is 12.4 Å². The summed E-state index contributed by atoms with van der Waals surface area (Å²) < 4.78 is 1.86. The highest BCUT2D eigenvalue weighted by Crippen LogP contribution is 2.08. The molecule has 2 aromatic heterocycles. The molecule has 2 amide bonds. The SMILES string of the molecule is CCCCNC(=O)Nc1cn2ccccc2n1. The van der Waals surface area contributed by atoms with Crippen LogP contribution in [0.1, 0.15) is 19.8 Å². The molecular formula is C12H16N4O. The molecule has 17 heavy (non-hydrogen) atoms. The summed E-state index contributed by atoms with van der Waals surface area (Å²) in [5.74, 6) is 0.560. The summed E-state index contributed by atoms with van der Waals surface area (Å²) in [6, 6.07) is 5.51. The number of nitrogens with one attached hydrogen (secondary N) is 2. The Balaban J connectivity index is 1.96. The van der Waals surface area contributed by atoms with Gasteiger partial charge in [-0.2, -0.15) is 0 Å². The molecule has 0 saturated heterocycles. The Hall–Kier alpha value is -2.04. The Morgan fingerprint density at radius 3 is 3.12 bits per heavy atom. The maximum absolute atomic E-state index is 11.5. The molecule has 0 atom stereocenters. The molecule has 2 rings (SSSR count). The summed E-state index contributed by atoms with van der Waals surface area (Å²) >= 11 is 0. The summed E-state index contributed by atoms with van der Waals surface area (Å²) in [7, 11) is 0. The highest BCUT2D eigenvalue weighted by molar-refractivity contribution is 5.88. The fourth-order valence-corrected chi connectivity index (χ4v) is 1.53. The average Bonchev–Trinajstić information content (AvgIpc) is 2.71. The molecular weight excluding hydrogens is 216 g/mol. The minimum absolute atomic E-state index is 0.207. The minimum Gasteiger partial charge on any atom is -0.338 e. The zero-order chi connectivity index (χ0) is 12.1. The molecule has 5 heteroatoms. The van der Waals surface area contributed by atoms with Crippen molar-refractivity contribution in [1.29, 1.82) is 0 Å². The van der Waals surface area contributed by atoms with Crippen molar-refractivity contribution in [2.24, 2.45) is 0 Å². The number of unbranched alkanes of at least 4 members (excludes halogenated alkanes) is 1. The number of carbonyl (C=O) groups excluding carboxylic acids is 1. The van der Waals surface area contributed by atoms with Gasteiger partial charge in [0.2, 0.25) is 0 Å². The number of urea groups is 1. The van der Waals surface area contributed by atoms with Crippen molar-refractivity contribution in [3.63, 3.8) is 0 Å². The molecule has 0 bridgehead atoms. The van der Waals surface area contributed by atoms with E-state index < -0.39 is 0 Å². The number of aromatic nitrogens is 2. The van der Waals surface area contributed by atoms with Crippen LogP contribution in [0.5, 0.6) is 0 Å². The maximum atomic E-state index is 11.5. The predicted octanol–water partition coefficient (Wildman–Crippen LogP) is 2.26. The lowest BCUT2D eigenvalue weighted by molar-refractivity contribution is 0.252. The van der Waals surface area contributed by atoms with Crippen LogP contribution in [0.3, 0.4) is 0 Å². The number of carbonyl (C=O) groups is 1. The molecule has 0 aliphatic heterocycles. The van der Waals surface area contributed by atoms with E-state index in [4.69, 9.17) is 0 Å². The molecule has 0 saturated carbocycles. The van der Waals surface area contributed by atoms with Gasteiger partial charge in [-0.1, -0.05) is 19.4 Å². The van der Waals surface area contributed by atoms with E-state index in [9.17, 15) is 4.79 Å². The van der Waals surface area contributed by atoms with Gasteiger partial charge in [0.05, 0.1) is 6.20 Å². The molecule has 0 fully saturated rings. The molecule has 2 aromatic rings. The molecule has 0 aliphatic rings. The van der Waals surface area contributed by atoms with Gasteiger partial charge in [-0.3, -0.25) is 5.32 Å². The maximum Gasteiger partial charge on any atom is 0.320 e. The summed E-state index contributed by atoms with van der Waals surface area (Å²) in [5, 5.41) is 5.49. The Morgan fingerprint density at radius 2 is 2.35 bits per heavy atom. The monoisotopic (exact) mass is 232 g/mol. The second-order valence-corrected chi connectivity index (χ2v) is 3.83. The van der Waals surface area contributed by atoms with Crippen molar-refractivity contribution in [2.45, 2.75) is 19.8 Å². The second-order valence-electron chi connectivity index (χ2n) is 3.83. The number of fused-ring (bicyclic) bond motifs is 1. The van der Waals surface area contributed by atoms with E-state index >= 15 is 0 Å². The Bertz CT molecular complexity index is 473. The van der Waals surface area contributed by atoms with Crippen LogP contribution in [0.15, 0.2) is 30.6 Å². The molecule has 0 spiro atoms. The van der Waals surface area contributed by atoms with E-state index in [1.165, 1.54) is 0 Å². The number of hydrogen-bond donors (Lipinski definition) is 2. The first-order valence-electron chi connectivity index (χ1n) is 5.78. The average molecular weight is 232 g/mol. The van der Waals surface area contributed by atoms with Gasteiger partial charge in [-0.15, -0.1) is 0 Å². The molecule has 2 heterocycles. The van der Waals surface area contributed by atoms with E-state index in [2.05, 4.69) is 22.5 Å². The fraction of sp³-hybridized carbons (Fsp3) is 0.333. The first kappa shape index (κ1) is 11.4. The third-order valence-corrected chi connectivity index (χ3v) is 2.42. The van der Waals surface area contributed by atoms with Crippen molar-refractivity contribution in [3.8, 4) is 0 Å². The summed E-state index contributed by atoms with van der Waals surface area (Å²) in [5.41, 5.74) is 0.816. The molecule has 0 radical (unpaired) electrons. The van der Waals surface area contributed by atoms with Gasteiger partial charge in [-0.25, -0.2) is 9.78 Å². The largest absolute Gasteiger partial charge is 0.338 e. The number of imidazole rings is 1. The van der Waals surface area contributed by atoms with Crippen LogP contribution in [0, 0.1) is 0 Å². The van der Waals surface area contributed by atoms with Gasteiger partial charge in [0.1, 0.15) is 5.65 Å². The zero-order valence-corrected chi connectivity index (χ0v) is 9.81. The fourth-order valence-electron chi connectivity index (χ4n) is 1.53. The normalized spacial score (nSPS) is 10.4. The van der Waals surface area contributed by atoms with Crippen LogP contribution >= 0.6 is 0 Å². The van der Waals surface area contributed by atoms with Crippen molar-refractivity contribution in [3.05, 3.63) is 30.6 Å². The third-order valence-electron chi connectivity index (χ3n) is 2.42. The predicted molar refractivity (Wildman–Crippen MR) is 67.1 cm³/mol. The number of amides is 2. The van der Waals surface area contributed by atoms with Gasteiger partial charge < -0.3 is 9.72 Å². The third kappa shape index (κ3) is 2.96. The highest BCUT2D eigenvalue weighted by atomic mass is 16.2. The van der Waals surface area contributed by atoms with Crippen molar-refractivity contribution < 1.29 is 4.79 Å². The minimum atomic E-state index is -0.207. The zero-order valence-electron chi connectivity index (χ0n) is 9.81. The standard InChI is InChI=1S/C12H16N4O/c1-2-3-7-13-12(17)15-10-9-16-8-5-4-6-11(16)14-10/h4-6,8-9H,2-3,7H2,1H3,(H2,13,15,17). The van der Waals surface area contributed by atoms with Crippen molar-refractivity contribution >= 4 is 17.5 Å². The molecule has 90 valence electrons. The lowest BCUT2D eigenvalue weighted by Crippen LogP contribution is -2.29. The van der Waals surface area contributed by atoms with Crippen LogP contribution < -0.4 is 10.6 Å². The molecule has 5 nitrogen and oxygen atoms in total. The van der Waals surface area contributed by atoms with Gasteiger partial charge in [0.15, 0.2) is 5.82 Å². The van der Waals surface area contributed by atoms with Gasteiger partial charge in [0.25, 0.3) is 0 Å². The van der Waals surface area contributed by atoms with Crippen LogP contribution in [0.2, 0.25) is 0 Å². The summed E-state index contributed by atoms with van der Waals surface area (Å²) in [4.78, 5) is 15.8. The Labute approximate surface area is 99.9 Å². The van der Waals surface area contributed by atoms with E-state index in [0.717, 1.165) is 18.5 Å². The van der Waals surface area contributed by atoms with Crippen LogP contribution in [0.25, 0.3) is 5.65 Å². The van der Waals surface area contributed by atoms with Gasteiger partial charge in [-0.05, 0) is 18.6 Å². The van der Waals surface area contributed by atoms with Crippen molar-refractivity contribution in [1.82, 2.24) is 14.7 Å². The van der Waals surface area contributed by atoms with Crippen LogP contribution in [-0.4, -0.2) is 22.0 Å². The lowest BCUT2D eigenvalue weighted by Gasteiger charge is -2.03. The van der Waals surface area contributed by atoms with E-state index in [-0.39, 0.29) is 6.03 Å². The topological polar surface area (TPSA) is 58.4 Å². The van der Waals surface area contributed by atoms with Crippen LogP contribution in [0.4, 0.5) is 10.6 Å². The molecule has 0 aromatic carbocycles. The lowest BCUT2D eigenvalue weighted by atomic mass is 10.3. The number of hydrogen-bond acceptors (Lipinski definition) is 2. The van der Waals surface area contributed by atoms with Crippen LogP contribution in [-0.2, 0) is 0 Å². The number of pyridine rings is 1.